The molecule has 1 rings (SSSR count). The zero-order valence-electron chi connectivity index (χ0n) is 8.84. The third kappa shape index (κ3) is 2.69. The van der Waals surface area contributed by atoms with Gasteiger partial charge in [0.2, 0.25) is 5.91 Å². The average Bonchev–Trinajstić information content (AvgIpc) is 2.52. The molecule has 0 radical (unpaired) electrons. The van der Waals surface area contributed by atoms with E-state index >= 15 is 0 Å². The molecule has 1 aliphatic carbocycles. The Kier molecular flexibility index (Phi) is 3.72. The second-order valence-corrected chi connectivity index (χ2v) is 4.02. The van der Waals surface area contributed by atoms with Crippen molar-refractivity contribution in [2.45, 2.75) is 32.2 Å². The van der Waals surface area contributed by atoms with Gasteiger partial charge in [-0.15, -0.1) is 0 Å². The summed E-state index contributed by atoms with van der Waals surface area (Å²) >= 11 is 0. The number of nitrogens with zero attached hydrogens (tertiary/aromatic N) is 1. The third-order valence-corrected chi connectivity index (χ3v) is 2.86. The zero-order chi connectivity index (χ0) is 9.84. The van der Waals surface area contributed by atoms with Crippen LogP contribution in [0.1, 0.15) is 26.2 Å². The van der Waals surface area contributed by atoms with Crippen LogP contribution in [0.2, 0.25) is 0 Å². The van der Waals surface area contributed by atoms with Crippen LogP contribution >= 0.6 is 0 Å². The molecule has 2 atom stereocenters. The predicted octanol–water partition coefficient (Wildman–Crippen LogP) is 0.853. The van der Waals surface area contributed by atoms with E-state index in [1.165, 1.54) is 0 Å². The van der Waals surface area contributed by atoms with Crippen LogP contribution in [0.3, 0.4) is 0 Å². The van der Waals surface area contributed by atoms with Crippen molar-refractivity contribution in [1.82, 2.24) is 10.2 Å². The van der Waals surface area contributed by atoms with Gasteiger partial charge >= 0.3 is 0 Å². The predicted molar refractivity (Wildman–Crippen MR) is 53.5 cm³/mol. The van der Waals surface area contributed by atoms with E-state index in [1.54, 1.807) is 0 Å². The fourth-order valence-electron chi connectivity index (χ4n) is 1.98. The average molecular weight is 184 g/mol. The number of hydrogen-bond donors (Lipinski definition) is 1. The molecule has 1 amide bonds. The summed E-state index contributed by atoms with van der Waals surface area (Å²) in [7, 11) is 4.18. The quantitative estimate of drug-likeness (QED) is 0.705. The zero-order valence-corrected chi connectivity index (χ0v) is 8.84. The monoisotopic (exact) mass is 184 g/mol. The van der Waals surface area contributed by atoms with Crippen LogP contribution in [-0.2, 0) is 4.79 Å². The first-order valence-corrected chi connectivity index (χ1v) is 5.09. The Balaban J connectivity index is 2.36. The van der Waals surface area contributed by atoms with Crippen molar-refractivity contribution >= 4 is 5.91 Å². The van der Waals surface area contributed by atoms with Crippen molar-refractivity contribution in [3.05, 3.63) is 0 Å². The SMILES string of the molecule is CCNC(=O)[C@H]1CC[C@@H](N(C)C)C1. The molecule has 0 heterocycles. The molecule has 0 aliphatic heterocycles. The highest BCUT2D eigenvalue weighted by Crippen LogP contribution is 2.28. The molecule has 0 saturated heterocycles. The normalized spacial score (nSPS) is 28.0. The summed E-state index contributed by atoms with van der Waals surface area (Å²) < 4.78 is 0. The van der Waals surface area contributed by atoms with Gasteiger partial charge in [0, 0.05) is 18.5 Å². The van der Waals surface area contributed by atoms with E-state index < -0.39 is 0 Å². The van der Waals surface area contributed by atoms with Gasteiger partial charge in [0.1, 0.15) is 0 Å². The third-order valence-electron chi connectivity index (χ3n) is 2.86. The van der Waals surface area contributed by atoms with E-state index in [9.17, 15) is 4.79 Å². The first-order chi connectivity index (χ1) is 6.15. The van der Waals surface area contributed by atoms with Crippen LogP contribution in [0, 0.1) is 5.92 Å². The van der Waals surface area contributed by atoms with Crippen molar-refractivity contribution < 1.29 is 4.79 Å². The Morgan fingerprint density at radius 1 is 1.46 bits per heavy atom. The Hall–Kier alpha value is -0.570. The van der Waals surface area contributed by atoms with Crippen molar-refractivity contribution in [2.24, 2.45) is 5.92 Å². The second kappa shape index (κ2) is 4.61. The van der Waals surface area contributed by atoms with Gasteiger partial charge in [-0.05, 0) is 40.3 Å². The van der Waals surface area contributed by atoms with E-state index in [-0.39, 0.29) is 11.8 Å². The summed E-state index contributed by atoms with van der Waals surface area (Å²) in [4.78, 5) is 13.7. The second-order valence-electron chi connectivity index (χ2n) is 4.02. The van der Waals surface area contributed by atoms with Gasteiger partial charge in [0.25, 0.3) is 0 Å². The van der Waals surface area contributed by atoms with E-state index in [1.807, 2.05) is 6.92 Å². The summed E-state index contributed by atoms with van der Waals surface area (Å²) in [5.74, 6) is 0.499. The molecule has 3 nitrogen and oxygen atoms in total. The Bertz CT molecular complexity index is 180. The molecule has 13 heavy (non-hydrogen) atoms. The lowest BCUT2D eigenvalue weighted by Crippen LogP contribution is -2.31. The van der Waals surface area contributed by atoms with E-state index in [0.29, 0.717) is 6.04 Å². The maximum atomic E-state index is 11.5. The summed E-state index contributed by atoms with van der Waals surface area (Å²) in [6, 6.07) is 0.604. The Morgan fingerprint density at radius 2 is 2.15 bits per heavy atom. The highest BCUT2D eigenvalue weighted by atomic mass is 16.1. The molecule has 0 bridgehead atoms. The summed E-state index contributed by atoms with van der Waals surface area (Å²) in [6.07, 6.45) is 3.24. The molecular formula is C10H20N2O. The van der Waals surface area contributed by atoms with Gasteiger partial charge in [-0.3, -0.25) is 4.79 Å². The van der Waals surface area contributed by atoms with Crippen molar-refractivity contribution in [2.75, 3.05) is 20.6 Å². The van der Waals surface area contributed by atoms with Gasteiger partial charge in [-0.1, -0.05) is 0 Å². The van der Waals surface area contributed by atoms with Crippen molar-refractivity contribution in [3.8, 4) is 0 Å². The summed E-state index contributed by atoms with van der Waals surface area (Å²) in [5, 5.41) is 2.89. The fraction of sp³-hybridized carbons (Fsp3) is 0.900. The van der Waals surface area contributed by atoms with E-state index in [4.69, 9.17) is 0 Å². The van der Waals surface area contributed by atoms with Gasteiger partial charge in [-0.25, -0.2) is 0 Å². The molecule has 0 aromatic carbocycles. The van der Waals surface area contributed by atoms with Crippen LogP contribution in [0.25, 0.3) is 0 Å². The summed E-state index contributed by atoms with van der Waals surface area (Å²) in [6.45, 7) is 2.72. The van der Waals surface area contributed by atoms with Crippen LogP contribution in [0.15, 0.2) is 0 Å². The van der Waals surface area contributed by atoms with E-state index in [2.05, 4.69) is 24.3 Å². The van der Waals surface area contributed by atoms with Crippen LogP contribution < -0.4 is 5.32 Å². The lowest BCUT2D eigenvalue weighted by molar-refractivity contribution is -0.124. The van der Waals surface area contributed by atoms with Gasteiger partial charge in [-0.2, -0.15) is 0 Å². The number of carbonyl (C=O) groups is 1. The number of rotatable bonds is 3. The topological polar surface area (TPSA) is 32.3 Å². The summed E-state index contributed by atoms with van der Waals surface area (Å²) in [5.41, 5.74) is 0. The molecule has 76 valence electrons. The lowest BCUT2D eigenvalue weighted by atomic mass is 10.1. The minimum Gasteiger partial charge on any atom is -0.356 e. The first kappa shape index (κ1) is 10.5. The molecule has 1 saturated carbocycles. The highest BCUT2D eigenvalue weighted by molar-refractivity contribution is 5.78. The standard InChI is InChI=1S/C10H20N2O/c1-4-11-10(13)8-5-6-9(7-8)12(2)3/h8-9H,4-7H2,1-3H3,(H,11,13)/t8-,9+/m0/s1. The molecule has 0 aromatic heterocycles. The number of amides is 1. The van der Waals surface area contributed by atoms with Crippen LogP contribution in [-0.4, -0.2) is 37.5 Å². The molecule has 3 heteroatoms. The molecule has 0 unspecified atom stereocenters. The highest BCUT2D eigenvalue weighted by Gasteiger charge is 2.30. The lowest BCUT2D eigenvalue weighted by Gasteiger charge is -2.18. The number of carbonyl (C=O) groups excluding carboxylic acids is 1. The molecule has 0 aromatic rings. The van der Waals surface area contributed by atoms with Gasteiger partial charge in [0.05, 0.1) is 0 Å². The maximum absolute atomic E-state index is 11.5. The smallest absolute Gasteiger partial charge is 0.223 e. The number of nitrogens with one attached hydrogen (secondary N) is 1. The minimum atomic E-state index is 0.242. The Morgan fingerprint density at radius 3 is 2.62 bits per heavy atom. The first-order valence-electron chi connectivity index (χ1n) is 5.09. The largest absolute Gasteiger partial charge is 0.356 e. The van der Waals surface area contributed by atoms with Gasteiger partial charge in [0.15, 0.2) is 0 Å². The number of hydrogen-bond acceptors (Lipinski definition) is 2. The van der Waals surface area contributed by atoms with E-state index in [0.717, 1.165) is 25.8 Å². The van der Waals surface area contributed by atoms with Crippen molar-refractivity contribution in [1.29, 1.82) is 0 Å². The molecule has 0 spiro atoms. The van der Waals surface area contributed by atoms with Gasteiger partial charge < -0.3 is 10.2 Å². The fourth-order valence-corrected chi connectivity index (χ4v) is 1.98. The maximum Gasteiger partial charge on any atom is 0.223 e. The Labute approximate surface area is 80.5 Å². The molecule has 1 aliphatic rings. The van der Waals surface area contributed by atoms with Crippen LogP contribution in [0.4, 0.5) is 0 Å². The minimum absolute atomic E-state index is 0.242. The molecule has 1 N–H and O–H groups in total. The van der Waals surface area contributed by atoms with Crippen molar-refractivity contribution in [3.63, 3.8) is 0 Å². The van der Waals surface area contributed by atoms with Crippen LogP contribution in [0.5, 0.6) is 0 Å². The molecule has 1 fully saturated rings. The molecular weight excluding hydrogens is 164 g/mol.